The van der Waals surface area contributed by atoms with Gasteiger partial charge in [0.15, 0.2) is 0 Å². The maximum absolute atomic E-state index is 14.3. The third-order valence-corrected chi connectivity index (χ3v) is 7.50. The first kappa shape index (κ1) is 33.1. The topological polar surface area (TPSA) is 92.7 Å². The molecule has 1 aromatic heterocycles. The molecule has 8 nitrogen and oxygen atoms in total. The van der Waals surface area contributed by atoms with Gasteiger partial charge in [0.25, 0.3) is 11.8 Å². The van der Waals surface area contributed by atoms with Crippen molar-refractivity contribution in [3.8, 4) is 0 Å². The normalized spacial score (nSPS) is 16.4. The molecule has 2 N–H and O–H groups in total. The number of carbonyl (C=O) groups excluding carboxylic acids is 3. The van der Waals surface area contributed by atoms with Crippen LogP contribution in [0.25, 0.3) is 0 Å². The van der Waals surface area contributed by atoms with Gasteiger partial charge in [-0.05, 0) is 62.0 Å². The number of ketones is 1. The van der Waals surface area contributed by atoms with E-state index in [1.807, 2.05) is 11.9 Å². The minimum atomic E-state index is -4.92. The summed E-state index contributed by atoms with van der Waals surface area (Å²) in [6.45, 7) is 4.42. The van der Waals surface area contributed by atoms with Crippen LogP contribution in [0.2, 0.25) is 5.02 Å². The van der Waals surface area contributed by atoms with Crippen molar-refractivity contribution in [2.75, 3.05) is 38.6 Å². The van der Waals surface area contributed by atoms with E-state index < -0.39 is 46.7 Å². The van der Waals surface area contributed by atoms with Crippen LogP contribution in [0.15, 0.2) is 42.5 Å². The van der Waals surface area contributed by atoms with Gasteiger partial charge in [0.2, 0.25) is 0 Å². The summed E-state index contributed by atoms with van der Waals surface area (Å²) in [7, 11) is 1.91. The molecule has 14 heteroatoms. The summed E-state index contributed by atoms with van der Waals surface area (Å²) < 4.78 is 75.4. The first-order chi connectivity index (χ1) is 20.6. The maximum atomic E-state index is 14.3. The number of likely N-dealkylation sites (N-methyl/N-ethyl adjacent to an activating group) is 1. The van der Waals surface area contributed by atoms with E-state index in [1.165, 1.54) is 23.6 Å². The molecule has 2 heterocycles. The van der Waals surface area contributed by atoms with Crippen molar-refractivity contribution in [2.24, 2.45) is 0 Å². The lowest BCUT2D eigenvalue weighted by Crippen LogP contribution is -2.46. The fourth-order valence-electron chi connectivity index (χ4n) is 5.07. The SMILES string of the molecule is CC(=O)Cn1c(C(=O)NC[C@H]2CN(C)CCO2)cc(NC(=O)c2cc(F)cc(C(F)(F)F)c2)c1[C@H](C)c1cc(F)ccc1Cl. The number of hydrogen-bond donors (Lipinski definition) is 2. The van der Waals surface area contributed by atoms with Crippen molar-refractivity contribution in [3.05, 3.63) is 87.2 Å². The van der Waals surface area contributed by atoms with E-state index in [1.54, 1.807) is 6.92 Å². The zero-order valence-electron chi connectivity index (χ0n) is 24.0. The third-order valence-electron chi connectivity index (χ3n) is 7.15. The number of nitrogens with one attached hydrogen (secondary N) is 2. The average molecular weight is 641 g/mol. The predicted octanol–water partition coefficient (Wildman–Crippen LogP) is 5.49. The molecule has 236 valence electrons. The highest BCUT2D eigenvalue weighted by Gasteiger charge is 2.33. The average Bonchev–Trinajstić information content (AvgIpc) is 3.28. The monoisotopic (exact) mass is 640 g/mol. The van der Waals surface area contributed by atoms with Crippen LogP contribution in [0, 0.1) is 11.6 Å². The van der Waals surface area contributed by atoms with E-state index in [4.69, 9.17) is 16.3 Å². The van der Waals surface area contributed by atoms with Gasteiger partial charge in [0.05, 0.1) is 30.5 Å². The van der Waals surface area contributed by atoms with E-state index >= 15 is 0 Å². The standard InChI is InChI=1S/C30H30ClF5N4O4/c1-16(41)14-40-26(29(43)37-13-22-15-39(3)6-7-44-22)12-25(27(40)17(2)23-11-20(32)4-5-24(23)31)38-28(42)18-8-19(30(34,35)36)10-21(33)9-18/h4-5,8-12,17,22H,6-7,13-15H2,1-3H3,(H,37,43)(H,38,42)/t17-,22+/m1/s1. The Morgan fingerprint density at radius 2 is 1.80 bits per heavy atom. The Hall–Kier alpha value is -3.81. The molecule has 1 aliphatic rings. The van der Waals surface area contributed by atoms with Gasteiger partial charge in [0, 0.05) is 41.8 Å². The highest BCUT2D eigenvalue weighted by Crippen LogP contribution is 2.37. The Labute approximate surface area is 255 Å². The summed E-state index contributed by atoms with van der Waals surface area (Å²) in [6, 6.07) is 6.26. The fraction of sp³-hybridized carbons (Fsp3) is 0.367. The quantitative estimate of drug-likeness (QED) is 0.302. The molecular weight excluding hydrogens is 611 g/mol. The van der Waals surface area contributed by atoms with Gasteiger partial charge in [0.1, 0.15) is 23.1 Å². The molecule has 0 unspecified atom stereocenters. The smallest absolute Gasteiger partial charge is 0.374 e. The molecule has 0 bridgehead atoms. The first-order valence-electron chi connectivity index (χ1n) is 13.6. The predicted molar refractivity (Wildman–Crippen MR) is 153 cm³/mol. The Kier molecular flexibility index (Phi) is 10.1. The molecule has 0 spiro atoms. The third kappa shape index (κ3) is 7.82. The van der Waals surface area contributed by atoms with Crippen LogP contribution in [-0.4, -0.2) is 66.5 Å². The maximum Gasteiger partial charge on any atom is 0.416 e. The minimum absolute atomic E-state index is 0.0655. The second kappa shape index (κ2) is 13.4. The van der Waals surface area contributed by atoms with E-state index in [0.717, 1.165) is 18.7 Å². The molecule has 2 atom stereocenters. The molecule has 1 fully saturated rings. The van der Waals surface area contributed by atoms with Crippen molar-refractivity contribution < 1.29 is 41.1 Å². The summed E-state index contributed by atoms with van der Waals surface area (Å²) in [6.07, 6.45) is -5.23. The highest BCUT2D eigenvalue weighted by atomic mass is 35.5. The number of aromatic nitrogens is 1. The zero-order valence-corrected chi connectivity index (χ0v) is 24.8. The van der Waals surface area contributed by atoms with Crippen LogP contribution in [0.1, 0.15) is 57.4 Å². The molecule has 3 aromatic rings. The number of benzene rings is 2. The second-order valence-electron chi connectivity index (χ2n) is 10.6. The molecule has 0 aliphatic carbocycles. The number of hydrogen-bond acceptors (Lipinski definition) is 5. The van der Waals surface area contributed by atoms with Crippen molar-refractivity contribution in [2.45, 2.75) is 38.6 Å². The summed E-state index contributed by atoms with van der Waals surface area (Å²) in [5, 5.41) is 5.38. The Morgan fingerprint density at radius 1 is 1.07 bits per heavy atom. The van der Waals surface area contributed by atoms with E-state index in [-0.39, 0.29) is 58.7 Å². The Morgan fingerprint density at radius 3 is 2.45 bits per heavy atom. The van der Waals surface area contributed by atoms with E-state index in [0.29, 0.717) is 25.3 Å². The van der Waals surface area contributed by atoms with Gasteiger partial charge in [-0.1, -0.05) is 18.5 Å². The number of Topliss-reactive ketones (excluding diaryl/α,β-unsaturated/α-hetero) is 1. The summed E-state index contributed by atoms with van der Waals surface area (Å²) >= 11 is 6.37. The number of rotatable bonds is 9. The van der Waals surface area contributed by atoms with Crippen LogP contribution < -0.4 is 10.6 Å². The lowest BCUT2D eigenvalue weighted by atomic mass is 9.96. The van der Waals surface area contributed by atoms with Gasteiger partial charge in [-0.2, -0.15) is 13.2 Å². The van der Waals surface area contributed by atoms with Crippen molar-refractivity contribution >= 4 is 34.9 Å². The van der Waals surface area contributed by atoms with Crippen LogP contribution in [-0.2, 0) is 22.3 Å². The van der Waals surface area contributed by atoms with E-state index in [2.05, 4.69) is 10.6 Å². The van der Waals surface area contributed by atoms with Crippen LogP contribution in [0.4, 0.5) is 27.6 Å². The molecule has 0 radical (unpaired) electrons. The Bertz CT molecular complexity index is 1580. The molecule has 2 aromatic carbocycles. The zero-order chi connectivity index (χ0) is 32.3. The molecule has 0 saturated carbocycles. The number of carbonyl (C=O) groups is 3. The molecule has 1 aliphatic heterocycles. The number of nitrogens with zero attached hydrogens (tertiary/aromatic N) is 2. The summed E-state index contributed by atoms with van der Waals surface area (Å²) in [5.41, 5.74) is -1.74. The Balaban J connectivity index is 1.79. The van der Waals surface area contributed by atoms with Crippen LogP contribution in [0.5, 0.6) is 0 Å². The lowest BCUT2D eigenvalue weighted by Gasteiger charge is -2.30. The number of halogens is 6. The fourth-order valence-corrected chi connectivity index (χ4v) is 5.35. The van der Waals surface area contributed by atoms with Crippen molar-refractivity contribution in [3.63, 3.8) is 0 Å². The molecule has 2 amide bonds. The van der Waals surface area contributed by atoms with Crippen molar-refractivity contribution in [1.29, 1.82) is 0 Å². The minimum Gasteiger partial charge on any atom is -0.374 e. The van der Waals surface area contributed by atoms with Gasteiger partial charge in [-0.3, -0.25) is 14.4 Å². The number of amides is 2. The van der Waals surface area contributed by atoms with E-state index in [9.17, 15) is 36.3 Å². The highest BCUT2D eigenvalue weighted by molar-refractivity contribution is 6.31. The van der Waals surface area contributed by atoms with Crippen LogP contribution >= 0.6 is 11.6 Å². The van der Waals surface area contributed by atoms with Gasteiger partial charge >= 0.3 is 6.18 Å². The van der Waals surface area contributed by atoms with Crippen LogP contribution in [0.3, 0.4) is 0 Å². The lowest BCUT2D eigenvalue weighted by molar-refractivity contribution is -0.137. The van der Waals surface area contributed by atoms with Gasteiger partial charge in [-0.15, -0.1) is 0 Å². The summed E-state index contributed by atoms with van der Waals surface area (Å²) in [4.78, 5) is 41.1. The number of morpholine rings is 1. The van der Waals surface area contributed by atoms with Crippen molar-refractivity contribution in [1.82, 2.24) is 14.8 Å². The molecular formula is C30H30ClF5N4O4. The second-order valence-corrected chi connectivity index (χ2v) is 11.1. The first-order valence-corrected chi connectivity index (χ1v) is 14.0. The summed E-state index contributed by atoms with van der Waals surface area (Å²) in [5.74, 6) is -4.87. The molecule has 1 saturated heterocycles. The van der Waals surface area contributed by atoms with Gasteiger partial charge < -0.3 is 24.8 Å². The number of ether oxygens (including phenoxy) is 1. The number of alkyl halides is 3. The largest absolute Gasteiger partial charge is 0.416 e. The number of anilines is 1. The molecule has 44 heavy (non-hydrogen) atoms. The van der Waals surface area contributed by atoms with Gasteiger partial charge in [-0.25, -0.2) is 8.78 Å². The molecule has 4 rings (SSSR count).